The van der Waals surface area contributed by atoms with E-state index in [-0.39, 0.29) is 6.29 Å². The van der Waals surface area contributed by atoms with Crippen molar-refractivity contribution in [2.45, 2.75) is 38.8 Å². The standard InChI is InChI=1S/C8H16O4/c1-4-5-8(2)11-7(9-3)6-10-12-8/h7H,4-6H2,1-3H3. The molecule has 0 aliphatic carbocycles. The molecule has 1 aliphatic heterocycles. The van der Waals surface area contributed by atoms with Crippen LogP contribution in [0.1, 0.15) is 26.7 Å². The molecule has 1 saturated heterocycles. The number of ether oxygens (including phenoxy) is 2. The predicted molar refractivity (Wildman–Crippen MR) is 42.2 cm³/mol. The average molecular weight is 176 g/mol. The van der Waals surface area contributed by atoms with Gasteiger partial charge in [-0.15, -0.1) is 0 Å². The van der Waals surface area contributed by atoms with Crippen molar-refractivity contribution in [3.63, 3.8) is 0 Å². The van der Waals surface area contributed by atoms with Gasteiger partial charge in [0.25, 0.3) is 0 Å². The molecule has 4 nitrogen and oxygen atoms in total. The van der Waals surface area contributed by atoms with Crippen LogP contribution in [0.4, 0.5) is 0 Å². The van der Waals surface area contributed by atoms with Crippen molar-refractivity contribution >= 4 is 0 Å². The van der Waals surface area contributed by atoms with Crippen molar-refractivity contribution in [2.75, 3.05) is 13.7 Å². The van der Waals surface area contributed by atoms with Crippen molar-refractivity contribution in [2.24, 2.45) is 0 Å². The van der Waals surface area contributed by atoms with Crippen LogP contribution in [0.25, 0.3) is 0 Å². The van der Waals surface area contributed by atoms with Crippen LogP contribution in [-0.2, 0) is 19.2 Å². The summed E-state index contributed by atoms with van der Waals surface area (Å²) in [5.74, 6) is -0.645. The fourth-order valence-electron chi connectivity index (χ4n) is 1.22. The third-order valence-electron chi connectivity index (χ3n) is 1.79. The highest BCUT2D eigenvalue weighted by atomic mass is 17.2. The molecule has 0 spiro atoms. The smallest absolute Gasteiger partial charge is 0.201 e. The van der Waals surface area contributed by atoms with Crippen LogP contribution in [0.5, 0.6) is 0 Å². The summed E-state index contributed by atoms with van der Waals surface area (Å²) >= 11 is 0. The number of methoxy groups -OCH3 is 1. The molecule has 0 N–H and O–H groups in total. The minimum absolute atomic E-state index is 0.310. The molecule has 4 heteroatoms. The Morgan fingerprint density at radius 3 is 2.92 bits per heavy atom. The van der Waals surface area contributed by atoms with Gasteiger partial charge in [-0.2, -0.15) is 0 Å². The average Bonchev–Trinajstić information content (AvgIpc) is 2.04. The molecule has 0 aromatic carbocycles. The molecule has 2 atom stereocenters. The lowest BCUT2D eigenvalue weighted by Crippen LogP contribution is -2.44. The van der Waals surface area contributed by atoms with Gasteiger partial charge in [-0.3, -0.25) is 0 Å². The summed E-state index contributed by atoms with van der Waals surface area (Å²) in [5.41, 5.74) is 0. The first-order valence-electron chi connectivity index (χ1n) is 4.21. The molecule has 1 fully saturated rings. The summed E-state index contributed by atoms with van der Waals surface area (Å²) in [6.45, 7) is 4.24. The van der Waals surface area contributed by atoms with E-state index in [2.05, 4.69) is 6.92 Å². The van der Waals surface area contributed by atoms with Gasteiger partial charge in [0, 0.05) is 13.5 Å². The van der Waals surface area contributed by atoms with Crippen molar-refractivity contribution in [1.82, 2.24) is 0 Å². The van der Waals surface area contributed by atoms with Crippen LogP contribution in [-0.4, -0.2) is 25.8 Å². The van der Waals surface area contributed by atoms with E-state index >= 15 is 0 Å². The minimum Gasteiger partial charge on any atom is -0.353 e. The maximum absolute atomic E-state index is 5.49. The molecule has 1 rings (SSSR count). The summed E-state index contributed by atoms with van der Waals surface area (Å²) in [6.07, 6.45) is 1.47. The topological polar surface area (TPSA) is 36.9 Å². The zero-order valence-electron chi connectivity index (χ0n) is 7.83. The van der Waals surface area contributed by atoms with Crippen LogP contribution in [0.15, 0.2) is 0 Å². The van der Waals surface area contributed by atoms with E-state index in [4.69, 9.17) is 19.2 Å². The lowest BCUT2D eigenvalue weighted by molar-refractivity contribution is -0.498. The van der Waals surface area contributed by atoms with E-state index in [1.165, 1.54) is 0 Å². The highest BCUT2D eigenvalue weighted by Crippen LogP contribution is 2.25. The highest BCUT2D eigenvalue weighted by Gasteiger charge is 2.34. The molecule has 0 aromatic rings. The molecule has 12 heavy (non-hydrogen) atoms. The van der Waals surface area contributed by atoms with Crippen molar-refractivity contribution in [3.05, 3.63) is 0 Å². The van der Waals surface area contributed by atoms with Crippen LogP contribution >= 0.6 is 0 Å². The van der Waals surface area contributed by atoms with Crippen molar-refractivity contribution in [1.29, 1.82) is 0 Å². The highest BCUT2D eigenvalue weighted by molar-refractivity contribution is 4.63. The molecule has 1 aliphatic rings. The Balaban J connectivity index is 2.43. The summed E-state index contributed by atoms with van der Waals surface area (Å²) in [4.78, 5) is 9.93. The number of hydrogen-bond acceptors (Lipinski definition) is 4. The molecule has 0 amide bonds. The number of rotatable bonds is 3. The Hall–Kier alpha value is -0.160. The maximum Gasteiger partial charge on any atom is 0.201 e. The molecule has 0 saturated carbocycles. The van der Waals surface area contributed by atoms with Crippen LogP contribution in [0.3, 0.4) is 0 Å². The molecule has 72 valence electrons. The van der Waals surface area contributed by atoms with E-state index in [9.17, 15) is 0 Å². The third-order valence-corrected chi connectivity index (χ3v) is 1.79. The Kier molecular flexibility index (Phi) is 3.46. The first kappa shape index (κ1) is 9.92. The summed E-state index contributed by atoms with van der Waals surface area (Å²) in [5, 5.41) is 0. The lowest BCUT2D eigenvalue weighted by Gasteiger charge is -2.35. The Morgan fingerprint density at radius 1 is 1.58 bits per heavy atom. The molecule has 0 bridgehead atoms. The van der Waals surface area contributed by atoms with Gasteiger partial charge >= 0.3 is 0 Å². The molecule has 0 radical (unpaired) electrons. The molecule has 2 unspecified atom stereocenters. The Bertz CT molecular complexity index is 135. The Morgan fingerprint density at radius 2 is 2.33 bits per heavy atom. The van der Waals surface area contributed by atoms with Crippen molar-refractivity contribution in [3.8, 4) is 0 Å². The van der Waals surface area contributed by atoms with Gasteiger partial charge in [-0.25, -0.2) is 9.78 Å². The molecule has 0 aromatic heterocycles. The fourth-order valence-corrected chi connectivity index (χ4v) is 1.22. The molecular weight excluding hydrogens is 160 g/mol. The van der Waals surface area contributed by atoms with Gasteiger partial charge in [-0.05, 0) is 6.92 Å². The van der Waals surface area contributed by atoms with Gasteiger partial charge in [0.15, 0.2) is 6.29 Å². The van der Waals surface area contributed by atoms with E-state index in [0.717, 1.165) is 12.8 Å². The SMILES string of the molecule is CCCC1(C)OOCC(OC)O1. The quantitative estimate of drug-likeness (QED) is 0.610. The summed E-state index contributed by atoms with van der Waals surface area (Å²) < 4.78 is 10.5. The van der Waals surface area contributed by atoms with Gasteiger partial charge in [0.1, 0.15) is 6.61 Å². The van der Waals surface area contributed by atoms with Gasteiger partial charge in [0.2, 0.25) is 5.79 Å². The lowest BCUT2D eigenvalue weighted by atomic mass is 10.2. The monoisotopic (exact) mass is 176 g/mol. The van der Waals surface area contributed by atoms with Crippen LogP contribution in [0.2, 0.25) is 0 Å². The van der Waals surface area contributed by atoms with E-state index < -0.39 is 5.79 Å². The molecule has 1 heterocycles. The minimum atomic E-state index is -0.645. The predicted octanol–water partition coefficient (Wildman–Crippen LogP) is 1.45. The molecular formula is C8H16O4. The first-order chi connectivity index (χ1) is 5.70. The van der Waals surface area contributed by atoms with E-state index in [0.29, 0.717) is 6.61 Å². The van der Waals surface area contributed by atoms with Crippen molar-refractivity contribution < 1.29 is 19.2 Å². The third kappa shape index (κ3) is 2.42. The van der Waals surface area contributed by atoms with Crippen LogP contribution < -0.4 is 0 Å². The van der Waals surface area contributed by atoms with E-state index in [1.54, 1.807) is 7.11 Å². The summed E-state index contributed by atoms with van der Waals surface area (Å²) in [7, 11) is 1.59. The largest absolute Gasteiger partial charge is 0.353 e. The second-order valence-corrected chi connectivity index (χ2v) is 3.03. The fraction of sp³-hybridized carbons (Fsp3) is 1.00. The van der Waals surface area contributed by atoms with Gasteiger partial charge in [0.05, 0.1) is 0 Å². The second kappa shape index (κ2) is 4.18. The van der Waals surface area contributed by atoms with Gasteiger partial charge < -0.3 is 9.47 Å². The zero-order valence-corrected chi connectivity index (χ0v) is 7.83. The van der Waals surface area contributed by atoms with Gasteiger partial charge in [-0.1, -0.05) is 13.3 Å². The number of hydrogen-bond donors (Lipinski definition) is 0. The van der Waals surface area contributed by atoms with Crippen LogP contribution in [0, 0.1) is 0 Å². The maximum atomic E-state index is 5.49. The normalized spacial score (nSPS) is 36.8. The Labute approximate surface area is 72.7 Å². The summed E-state index contributed by atoms with van der Waals surface area (Å²) in [6, 6.07) is 0. The first-order valence-corrected chi connectivity index (χ1v) is 4.21. The zero-order chi connectivity index (χ0) is 9.03. The second-order valence-electron chi connectivity index (χ2n) is 3.03. The van der Waals surface area contributed by atoms with E-state index in [1.807, 2.05) is 6.92 Å².